The molecule has 0 aliphatic heterocycles. The summed E-state index contributed by atoms with van der Waals surface area (Å²) in [6.07, 6.45) is 9.41. The molecule has 0 aliphatic rings. The van der Waals surface area contributed by atoms with Gasteiger partial charge in [0.15, 0.2) is 0 Å². The molecule has 0 spiro atoms. The SMILES string of the molecule is CCCNC(c1ccncn1)c1nccn1CCC. The highest BCUT2D eigenvalue weighted by Crippen LogP contribution is 2.18. The summed E-state index contributed by atoms with van der Waals surface area (Å²) >= 11 is 0. The van der Waals surface area contributed by atoms with E-state index in [0.717, 1.165) is 37.4 Å². The standard InChI is InChI=1S/C14H21N5/c1-3-6-16-13(12-5-7-15-11-18-12)14-17-8-10-19(14)9-4-2/h5,7-8,10-11,13,16H,3-4,6,9H2,1-2H3. The van der Waals surface area contributed by atoms with Crippen LogP contribution in [0, 0.1) is 0 Å². The Morgan fingerprint density at radius 3 is 2.79 bits per heavy atom. The molecule has 2 heterocycles. The lowest BCUT2D eigenvalue weighted by Crippen LogP contribution is -2.27. The normalized spacial score (nSPS) is 12.5. The number of imidazole rings is 1. The van der Waals surface area contributed by atoms with Gasteiger partial charge in [-0.3, -0.25) is 0 Å². The van der Waals surface area contributed by atoms with Crippen molar-refractivity contribution in [2.45, 2.75) is 39.3 Å². The Labute approximate surface area is 114 Å². The van der Waals surface area contributed by atoms with Crippen LogP contribution in [0.15, 0.2) is 31.0 Å². The third-order valence-electron chi connectivity index (χ3n) is 2.97. The van der Waals surface area contributed by atoms with Gasteiger partial charge in [-0.1, -0.05) is 13.8 Å². The predicted molar refractivity (Wildman–Crippen MR) is 74.7 cm³/mol. The lowest BCUT2D eigenvalue weighted by molar-refractivity contribution is 0.521. The van der Waals surface area contributed by atoms with Crippen LogP contribution in [0.5, 0.6) is 0 Å². The predicted octanol–water partition coefficient (Wildman–Crippen LogP) is 2.17. The maximum atomic E-state index is 4.50. The zero-order valence-electron chi connectivity index (χ0n) is 11.6. The molecule has 0 saturated heterocycles. The summed E-state index contributed by atoms with van der Waals surface area (Å²) in [5, 5.41) is 3.51. The van der Waals surface area contributed by atoms with E-state index in [1.54, 1.807) is 12.5 Å². The summed E-state index contributed by atoms with van der Waals surface area (Å²) in [4.78, 5) is 12.8. The molecule has 0 aromatic carbocycles. The number of aryl methyl sites for hydroxylation is 1. The Hall–Kier alpha value is -1.75. The Morgan fingerprint density at radius 2 is 2.11 bits per heavy atom. The molecule has 5 heteroatoms. The van der Waals surface area contributed by atoms with Crippen LogP contribution in [-0.4, -0.2) is 26.1 Å². The average molecular weight is 259 g/mol. The van der Waals surface area contributed by atoms with Gasteiger partial charge >= 0.3 is 0 Å². The number of rotatable bonds is 7. The van der Waals surface area contributed by atoms with E-state index in [0.29, 0.717) is 0 Å². The number of nitrogens with zero attached hydrogens (tertiary/aromatic N) is 4. The Balaban J connectivity index is 2.29. The molecule has 2 rings (SSSR count). The van der Waals surface area contributed by atoms with Gasteiger partial charge in [0.05, 0.1) is 5.69 Å². The summed E-state index contributed by atoms with van der Waals surface area (Å²) in [6.45, 7) is 6.24. The van der Waals surface area contributed by atoms with Gasteiger partial charge in [0.2, 0.25) is 0 Å². The topological polar surface area (TPSA) is 55.6 Å². The molecule has 19 heavy (non-hydrogen) atoms. The molecule has 0 fully saturated rings. The first-order valence-electron chi connectivity index (χ1n) is 6.87. The van der Waals surface area contributed by atoms with Crippen LogP contribution in [0.3, 0.4) is 0 Å². The van der Waals surface area contributed by atoms with Crippen molar-refractivity contribution in [3.63, 3.8) is 0 Å². The minimum Gasteiger partial charge on any atom is -0.333 e. The van der Waals surface area contributed by atoms with Crippen LogP contribution in [-0.2, 0) is 6.54 Å². The second kappa shape index (κ2) is 6.99. The van der Waals surface area contributed by atoms with Crippen LogP contribution in [0.2, 0.25) is 0 Å². The number of hydrogen-bond donors (Lipinski definition) is 1. The van der Waals surface area contributed by atoms with E-state index in [1.165, 1.54) is 0 Å². The first-order chi connectivity index (χ1) is 9.36. The number of nitrogens with one attached hydrogen (secondary N) is 1. The maximum absolute atomic E-state index is 4.50. The molecule has 0 amide bonds. The molecule has 5 nitrogen and oxygen atoms in total. The summed E-state index contributed by atoms with van der Waals surface area (Å²) < 4.78 is 2.19. The fourth-order valence-electron chi connectivity index (χ4n) is 2.10. The van der Waals surface area contributed by atoms with Gasteiger partial charge in [0, 0.05) is 25.1 Å². The molecule has 1 N–H and O–H groups in total. The third-order valence-corrected chi connectivity index (χ3v) is 2.97. The van der Waals surface area contributed by atoms with Crippen molar-refractivity contribution in [3.05, 3.63) is 42.5 Å². The molecular weight excluding hydrogens is 238 g/mol. The third kappa shape index (κ3) is 3.38. The molecule has 1 atom stereocenters. The van der Waals surface area contributed by atoms with E-state index in [9.17, 15) is 0 Å². The molecule has 102 valence electrons. The quantitative estimate of drug-likeness (QED) is 0.828. The summed E-state index contributed by atoms with van der Waals surface area (Å²) in [5.41, 5.74) is 0.965. The minimum atomic E-state index is 0.0319. The lowest BCUT2D eigenvalue weighted by Gasteiger charge is -2.18. The second-order valence-electron chi connectivity index (χ2n) is 4.50. The highest BCUT2D eigenvalue weighted by atomic mass is 15.1. The van der Waals surface area contributed by atoms with E-state index in [2.05, 4.69) is 38.7 Å². The van der Waals surface area contributed by atoms with Crippen LogP contribution in [0.1, 0.15) is 44.2 Å². The number of hydrogen-bond acceptors (Lipinski definition) is 4. The molecular formula is C14H21N5. The van der Waals surface area contributed by atoms with Crippen LogP contribution in [0.4, 0.5) is 0 Å². The molecule has 0 aliphatic carbocycles. The number of aromatic nitrogens is 4. The van der Waals surface area contributed by atoms with E-state index in [1.807, 2.05) is 18.5 Å². The van der Waals surface area contributed by atoms with Crippen LogP contribution < -0.4 is 5.32 Å². The fourth-order valence-corrected chi connectivity index (χ4v) is 2.10. The summed E-state index contributed by atoms with van der Waals surface area (Å²) in [5.74, 6) is 1.02. The lowest BCUT2D eigenvalue weighted by atomic mass is 10.1. The first-order valence-corrected chi connectivity index (χ1v) is 6.87. The smallest absolute Gasteiger partial charge is 0.132 e. The zero-order valence-corrected chi connectivity index (χ0v) is 11.6. The Bertz CT molecular complexity index is 480. The maximum Gasteiger partial charge on any atom is 0.132 e. The summed E-state index contributed by atoms with van der Waals surface area (Å²) in [7, 11) is 0. The van der Waals surface area contributed by atoms with Gasteiger partial charge in [-0.25, -0.2) is 15.0 Å². The van der Waals surface area contributed by atoms with Gasteiger partial charge < -0.3 is 9.88 Å². The largest absolute Gasteiger partial charge is 0.333 e. The van der Waals surface area contributed by atoms with Gasteiger partial charge in [-0.15, -0.1) is 0 Å². The highest BCUT2D eigenvalue weighted by Gasteiger charge is 2.19. The average Bonchev–Trinajstić information content (AvgIpc) is 2.89. The monoisotopic (exact) mass is 259 g/mol. The molecule has 2 aromatic rings. The van der Waals surface area contributed by atoms with E-state index in [4.69, 9.17) is 0 Å². The minimum absolute atomic E-state index is 0.0319. The molecule has 2 aromatic heterocycles. The van der Waals surface area contributed by atoms with Crippen molar-refractivity contribution in [3.8, 4) is 0 Å². The van der Waals surface area contributed by atoms with Crippen molar-refractivity contribution in [1.29, 1.82) is 0 Å². The van der Waals surface area contributed by atoms with Crippen molar-refractivity contribution in [2.24, 2.45) is 0 Å². The zero-order chi connectivity index (χ0) is 13.5. The van der Waals surface area contributed by atoms with Gasteiger partial charge in [0.25, 0.3) is 0 Å². The van der Waals surface area contributed by atoms with Gasteiger partial charge in [-0.05, 0) is 25.5 Å². The molecule has 1 unspecified atom stereocenters. The molecule has 0 saturated carbocycles. The first kappa shape index (κ1) is 13.7. The van der Waals surface area contributed by atoms with Crippen molar-refractivity contribution < 1.29 is 0 Å². The Morgan fingerprint density at radius 1 is 1.21 bits per heavy atom. The van der Waals surface area contributed by atoms with E-state index in [-0.39, 0.29) is 6.04 Å². The van der Waals surface area contributed by atoms with Gasteiger partial charge in [-0.2, -0.15) is 0 Å². The van der Waals surface area contributed by atoms with E-state index < -0.39 is 0 Å². The van der Waals surface area contributed by atoms with Crippen LogP contribution >= 0.6 is 0 Å². The Kier molecular flexibility index (Phi) is 5.03. The van der Waals surface area contributed by atoms with E-state index >= 15 is 0 Å². The van der Waals surface area contributed by atoms with Crippen LogP contribution in [0.25, 0.3) is 0 Å². The van der Waals surface area contributed by atoms with Gasteiger partial charge in [0.1, 0.15) is 18.2 Å². The summed E-state index contributed by atoms with van der Waals surface area (Å²) in [6, 6.07) is 1.97. The highest BCUT2D eigenvalue weighted by molar-refractivity contribution is 5.16. The molecule has 0 radical (unpaired) electrons. The van der Waals surface area contributed by atoms with Crippen molar-refractivity contribution in [2.75, 3.05) is 6.54 Å². The fraction of sp³-hybridized carbons (Fsp3) is 0.500. The molecule has 0 bridgehead atoms. The second-order valence-corrected chi connectivity index (χ2v) is 4.50. The van der Waals surface area contributed by atoms with Crippen molar-refractivity contribution in [1.82, 2.24) is 24.8 Å². The van der Waals surface area contributed by atoms with Crippen molar-refractivity contribution >= 4 is 0 Å².